The summed E-state index contributed by atoms with van der Waals surface area (Å²) in [5.74, 6) is 0.877. The van der Waals surface area contributed by atoms with E-state index in [-0.39, 0.29) is 0 Å². The van der Waals surface area contributed by atoms with Crippen LogP contribution in [0.25, 0.3) is 17.0 Å². The number of aryl methyl sites for hydroxylation is 3. The number of hydrogen-bond donors (Lipinski definition) is 1. The molecule has 4 aromatic rings. The minimum Gasteiger partial charge on any atom is -0.325 e. The van der Waals surface area contributed by atoms with E-state index in [1.54, 1.807) is 0 Å². The van der Waals surface area contributed by atoms with E-state index in [2.05, 4.69) is 29.8 Å². The van der Waals surface area contributed by atoms with Crippen molar-refractivity contribution in [3.63, 3.8) is 0 Å². The molecule has 0 unspecified atom stereocenters. The molecule has 0 atom stereocenters. The molecule has 0 fully saturated rings. The van der Waals surface area contributed by atoms with E-state index < -0.39 is 0 Å². The summed E-state index contributed by atoms with van der Waals surface area (Å²) < 4.78 is 4.00. The molecule has 0 aromatic carbocycles. The summed E-state index contributed by atoms with van der Waals surface area (Å²) >= 11 is 0. The summed E-state index contributed by atoms with van der Waals surface area (Å²) in [6.07, 6.45) is 9.11. The van der Waals surface area contributed by atoms with Gasteiger partial charge in [-0.2, -0.15) is 10.2 Å². The number of aromatic nitrogens is 7. The minimum absolute atomic E-state index is 0.712. The van der Waals surface area contributed by atoms with Crippen molar-refractivity contribution in [3.8, 4) is 11.4 Å². The first-order chi connectivity index (χ1) is 12.2. The Labute approximate surface area is 144 Å². The number of imidazole rings is 1. The fraction of sp³-hybridized carbons (Fsp3) is 0.333. The predicted molar refractivity (Wildman–Crippen MR) is 93.4 cm³/mol. The lowest BCUT2D eigenvalue weighted by Gasteiger charge is -2.07. The molecular formula is C18H19N7. The van der Waals surface area contributed by atoms with E-state index in [4.69, 9.17) is 0 Å². The molecule has 7 heteroatoms. The smallest absolute Gasteiger partial charge is 0.166 e. The standard InChI is InChI=1S/C18H19N7/c1-11-8-12(2)25-18(21-11)14(9-20-25)17-19-6-7-24(17)10-16-13-4-3-5-15(13)22-23-16/h6-9H,3-5,10H2,1-2H3,(H,22,23). The topological polar surface area (TPSA) is 76.7 Å². The summed E-state index contributed by atoms with van der Waals surface area (Å²) in [4.78, 5) is 9.25. The molecule has 25 heavy (non-hydrogen) atoms. The van der Waals surface area contributed by atoms with Crippen LogP contribution in [0, 0.1) is 13.8 Å². The first-order valence-corrected chi connectivity index (χ1v) is 8.59. The van der Waals surface area contributed by atoms with Gasteiger partial charge in [0.05, 0.1) is 24.0 Å². The van der Waals surface area contributed by atoms with Crippen LogP contribution in [-0.4, -0.2) is 34.3 Å². The lowest BCUT2D eigenvalue weighted by Crippen LogP contribution is -2.04. The average molecular weight is 333 g/mol. The minimum atomic E-state index is 0.712. The third kappa shape index (κ3) is 2.19. The molecule has 0 spiro atoms. The third-order valence-electron chi connectivity index (χ3n) is 4.95. The Morgan fingerprint density at radius 3 is 3.08 bits per heavy atom. The van der Waals surface area contributed by atoms with E-state index in [9.17, 15) is 0 Å². The molecule has 0 saturated heterocycles. The second-order valence-corrected chi connectivity index (χ2v) is 6.69. The van der Waals surface area contributed by atoms with Gasteiger partial charge in [0.2, 0.25) is 0 Å². The molecule has 4 aromatic heterocycles. The van der Waals surface area contributed by atoms with Crippen LogP contribution in [0.3, 0.4) is 0 Å². The van der Waals surface area contributed by atoms with Crippen molar-refractivity contribution in [3.05, 3.63) is 53.0 Å². The summed E-state index contributed by atoms with van der Waals surface area (Å²) in [7, 11) is 0. The molecular weight excluding hydrogens is 314 g/mol. The molecule has 4 heterocycles. The maximum absolute atomic E-state index is 4.67. The first kappa shape index (κ1) is 14.4. The second kappa shape index (κ2) is 5.27. The van der Waals surface area contributed by atoms with E-state index in [0.717, 1.165) is 47.0 Å². The quantitative estimate of drug-likeness (QED) is 0.625. The zero-order valence-corrected chi connectivity index (χ0v) is 14.3. The molecule has 1 N–H and O–H groups in total. The van der Waals surface area contributed by atoms with E-state index in [1.807, 2.05) is 43.0 Å². The Hall–Kier alpha value is -2.96. The third-order valence-corrected chi connectivity index (χ3v) is 4.95. The monoisotopic (exact) mass is 333 g/mol. The summed E-state index contributed by atoms with van der Waals surface area (Å²) in [6.45, 7) is 4.75. The highest BCUT2D eigenvalue weighted by molar-refractivity contribution is 5.72. The van der Waals surface area contributed by atoms with Gasteiger partial charge in [-0.15, -0.1) is 0 Å². The molecule has 0 bridgehead atoms. The highest BCUT2D eigenvalue weighted by Gasteiger charge is 2.20. The van der Waals surface area contributed by atoms with Crippen molar-refractivity contribution in [1.82, 2.24) is 34.3 Å². The van der Waals surface area contributed by atoms with Crippen LogP contribution in [0.4, 0.5) is 0 Å². The van der Waals surface area contributed by atoms with Gasteiger partial charge in [0.25, 0.3) is 0 Å². The van der Waals surface area contributed by atoms with Crippen LogP contribution in [0.2, 0.25) is 0 Å². The van der Waals surface area contributed by atoms with Gasteiger partial charge in [0.1, 0.15) is 5.82 Å². The van der Waals surface area contributed by atoms with Gasteiger partial charge in [-0.1, -0.05) is 0 Å². The Kier molecular flexibility index (Phi) is 3.03. The highest BCUT2D eigenvalue weighted by atomic mass is 15.3. The van der Waals surface area contributed by atoms with Gasteiger partial charge in [-0.05, 0) is 44.7 Å². The summed E-state index contributed by atoms with van der Waals surface area (Å²) in [5.41, 5.74) is 7.63. The molecule has 1 aliphatic carbocycles. The summed E-state index contributed by atoms with van der Waals surface area (Å²) in [6, 6.07) is 2.03. The molecule has 0 radical (unpaired) electrons. The SMILES string of the molecule is Cc1cc(C)n2ncc(-c3nccn3Cc3n[nH]c4c3CCC4)c2n1. The van der Waals surface area contributed by atoms with Crippen molar-refractivity contribution < 1.29 is 0 Å². The van der Waals surface area contributed by atoms with Gasteiger partial charge < -0.3 is 4.57 Å². The van der Waals surface area contributed by atoms with Crippen LogP contribution < -0.4 is 0 Å². The van der Waals surface area contributed by atoms with Crippen LogP contribution in [0.1, 0.15) is 34.8 Å². The predicted octanol–water partition coefficient (Wildman–Crippen LogP) is 2.47. The van der Waals surface area contributed by atoms with Crippen molar-refractivity contribution in [2.75, 3.05) is 0 Å². The van der Waals surface area contributed by atoms with Crippen LogP contribution in [0.15, 0.2) is 24.7 Å². The largest absolute Gasteiger partial charge is 0.325 e. The lowest BCUT2D eigenvalue weighted by atomic mass is 10.2. The number of fused-ring (bicyclic) bond motifs is 2. The van der Waals surface area contributed by atoms with Crippen LogP contribution in [-0.2, 0) is 19.4 Å². The number of rotatable bonds is 3. The van der Waals surface area contributed by atoms with Gasteiger partial charge >= 0.3 is 0 Å². The number of hydrogen-bond acceptors (Lipinski definition) is 4. The molecule has 5 rings (SSSR count). The number of H-pyrrole nitrogens is 1. The molecule has 0 saturated carbocycles. The normalized spacial score (nSPS) is 13.7. The fourth-order valence-corrected chi connectivity index (χ4v) is 3.79. The van der Waals surface area contributed by atoms with Crippen molar-refractivity contribution in [1.29, 1.82) is 0 Å². The Balaban J connectivity index is 1.59. The van der Waals surface area contributed by atoms with Crippen LogP contribution >= 0.6 is 0 Å². The molecule has 7 nitrogen and oxygen atoms in total. The van der Waals surface area contributed by atoms with Gasteiger partial charge in [-0.3, -0.25) is 5.10 Å². The van der Waals surface area contributed by atoms with Gasteiger partial charge in [0.15, 0.2) is 5.65 Å². The van der Waals surface area contributed by atoms with Crippen molar-refractivity contribution in [2.24, 2.45) is 0 Å². The zero-order chi connectivity index (χ0) is 17.0. The molecule has 0 aliphatic heterocycles. The van der Waals surface area contributed by atoms with E-state index >= 15 is 0 Å². The number of nitrogens with zero attached hydrogens (tertiary/aromatic N) is 6. The molecule has 126 valence electrons. The van der Waals surface area contributed by atoms with Gasteiger partial charge in [0, 0.05) is 29.5 Å². The van der Waals surface area contributed by atoms with Crippen LogP contribution in [0.5, 0.6) is 0 Å². The van der Waals surface area contributed by atoms with E-state index in [1.165, 1.54) is 17.7 Å². The summed E-state index contributed by atoms with van der Waals surface area (Å²) in [5, 5.41) is 12.2. The van der Waals surface area contributed by atoms with Crippen molar-refractivity contribution in [2.45, 2.75) is 39.7 Å². The Morgan fingerprint density at radius 2 is 2.16 bits per heavy atom. The molecule has 1 aliphatic rings. The van der Waals surface area contributed by atoms with Crippen molar-refractivity contribution >= 4 is 5.65 Å². The maximum atomic E-state index is 4.67. The lowest BCUT2D eigenvalue weighted by molar-refractivity contribution is 0.754. The number of aromatic amines is 1. The second-order valence-electron chi connectivity index (χ2n) is 6.69. The highest BCUT2D eigenvalue weighted by Crippen LogP contribution is 2.26. The van der Waals surface area contributed by atoms with Gasteiger partial charge in [-0.25, -0.2) is 14.5 Å². The first-order valence-electron chi connectivity index (χ1n) is 8.59. The average Bonchev–Trinajstić information content (AvgIpc) is 3.32. The Morgan fingerprint density at radius 1 is 1.24 bits per heavy atom. The number of nitrogens with one attached hydrogen (secondary N) is 1. The zero-order valence-electron chi connectivity index (χ0n) is 14.3. The Bertz CT molecular complexity index is 1080. The van der Waals surface area contributed by atoms with E-state index in [0.29, 0.717) is 6.54 Å². The molecule has 0 amide bonds. The maximum Gasteiger partial charge on any atom is 0.166 e. The fourth-order valence-electron chi connectivity index (χ4n) is 3.79.